The number of nitrogens with one attached hydrogen (secondary N) is 2. The van der Waals surface area contributed by atoms with Crippen molar-refractivity contribution in [2.75, 3.05) is 18.5 Å². The number of thioether (sulfide) groups is 1. The van der Waals surface area contributed by atoms with Crippen LogP contribution < -0.4 is 15.4 Å². The molecule has 4 aromatic rings. The van der Waals surface area contributed by atoms with Gasteiger partial charge in [0.2, 0.25) is 5.91 Å². The average Bonchev–Trinajstić information content (AvgIpc) is 3.74. The number of non-ortho nitro benzene ring substituents is 1. The fourth-order valence-electron chi connectivity index (χ4n) is 4.70. The minimum Gasteiger partial charge on any atom is -0.484 e. The molecule has 2 amide bonds. The van der Waals surface area contributed by atoms with Crippen molar-refractivity contribution in [1.29, 1.82) is 0 Å². The van der Waals surface area contributed by atoms with Crippen LogP contribution in [0.15, 0.2) is 59.8 Å². The lowest BCUT2D eigenvalue weighted by Gasteiger charge is -2.14. The van der Waals surface area contributed by atoms with Crippen LogP contribution in [0.2, 0.25) is 0 Å². The Bertz CT molecular complexity index is 1710. The number of aryl methyl sites for hydroxylation is 1. The van der Waals surface area contributed by atoms with E-state index in [0.717, 1.165) is 41.5 Å². The number of thiophene rings is 1. The highest BCUT2D eigenvalue weighted by molar-refractivity contribution is 8.00. The summed E-state index contributed by atoms with van der Waals surface area (Å²) in [6, 6.07) is 14.7. The van der Waals surface area contributed by atoms with Gasteiger partial charge in [-0.05, 0) is 62.9 Å². The molecule has 0 fully saturated rings. The number of anilines is 1. The molecule has 1 unspecified atom stereocenters. The van der Waals surface area contributed by atoms with Crippen LogP contribution in [0.4, 0.5) is 10.7 Å². The molecule has 234 valence electrons. The van der Waals surface area contributed by atoms with Crippen LogP contribution in [0.1, 0.15) is 46.9 Å². The molecule has 0 saturated heterocycles. The first-order valence-corrected chi connectivity index (χ1v) is 15.9. The van der Waals surface area contributed by atoms with Gasteiger partial charge in [0.25, 0.3) is 11.6 Å². The zero-order valence-corrected chi connectivity index (χ0v) is 26.1. The smallest absolute Gasteiger partial charge is 0.341 e. The van der Waals surface area contributed by atoms with Gasteiger partial charge in [-0.1, -0.05) is 30.0 Å². The third-order valence-electron chi connectivity index (χ3n) is 6.86. The lowest BCUT2D eigenvalue weighted by atomic mass is 10.1. The van der Waals surface area contributed by atoms with Gasteiger partial charge in [-0.25, -0.2) is 4.79 Å². The van der Waals surface area contributed by atoms with Crippen molar-refractivity contribution < 1.29 is 28.8 Å². The predicted molar refractivity (Wildman–Crippen MR) is 168 cm³/mol. The van der Waals surface area contributed by atoms with E-state index in [-0.39, 0.29) is 37.3 Å². The molecule has 1 atom stereocenters. The third kappa shape index (κ3) is 7.49. The number of ether oxygens (including phenoxy) is 2. The van der Waals surface area contributed by atoms with Gasteiger partial charge in [-0.3, -0.25) is 24.3 Å². The fraction of sp³-hybridized carbons (Fsp3) is 0.300. The van der Waals surface area contributed by atoms with E-state index in [1.807, 2.05) is 6.07 Å². The Kier molecular flexibility index (Phi) is 10.1. The van der Waals surface area contributed by atoms with E-state index < -0.39 is 16.1 Å². The molecule has 15 heteroatoms. The predicted octanol–water partition coefficient (Wildman–Crippen LogP) is 4.72. The summed E-state index contributed by atoms with van der Waals surface area (Å²) in [5, 5.41) is 25.5. The van der Waals surface area contributed by atoms with Crippen molar-refractivity contribution in [3.8, 4) is 11.4 Å². The first kappa shape index (κ1) is 31.7. The number of nitrogens with zero attached hydrogens (tertiary/aromatic N) is 4. The Morgan fingerprint density at radius 3 is 2.58 bits per heavy atom. The maximum absolute atomic E-state index is 13.4. The van der Waals surface area contributed by atoms with Crippen LogP contribution in [-0.4, -0.2) is 55.9 Å². The summed E-state index contributed by atoms with van der Waals surface area (Å²) >= 11 is 2.51. The number of fused-ring (bicyclic) bond motifs is 1. The lowest BCUT2D eigenvalue weighted by Crippen LogP contribution is -2.29. The Morgan fingerprint density at radius 1 is 1.11 bits per heavy atom. The van der Waals surface area contributed by atoms with Crippen LogP contribution >= 0.6 is 23.1 Å². The van der Waals surface area contributed by atoms with Gasteiger partial charge in [-0.2, -0.15) is 0 Å². The van der Waals surface area contributed by atoms with Gasteiger partial charge in [0.15, 0.2) is 17.6 Å². The van der Waals surface area contributed by atoms with Gasteiger partial charge in [-0.15, -0.1) is 21.5 Å². The minimum atomic E-state index is -0.681. The molecule has 0 radical (unpaired) electrons. The van der Waals surface area contributed by atoms with Crippen LogP contribution in [0, 0.1) is 10.1 Å². The van der Waals surface area contributed by atoms with Crippen molar-refractivity contribution in [3.63, 3.8) is 0 Å². The highest BCUT2D eigenvalue weighted by Crippen LogP contribution is 2.40. The third-order valence-corrected chi connectivity index (χ3v) is 9.11. The van der Waals surface area contributed by atoms with Crippen molar-refractivity contribution in [2.24, 2.45) is 0 Å². The quantitative estimate of drug-likeness (QED) is 0.0894. The van der Waals surface area contributed by atoms with E-state index in [1.54, 1.807) is 54.8 Å². The van der Waals surface area contributed by atoms with Crippen molar-refractivity contribution >= 4 is 51.6 Å². The normalized spacial score (nSPS) is 12.7. The molecule has 0 spiro atoms. The number of esters is 1. The highest BCUT2D eigenvalue weighted by Gasteiger charge is 2.30. The molecule has 45 heavy (non-hydrogen) atoms. The zero-order chi connectivity index (χ0) is 31.9. The molecule has 0 bridgehead atoms. The molecule has 13 nitrogen and oxygen atoms in total. The lowest BCUT2D eigenvalue weighted by molar-refractivity contribution is -0.384. The molecule has 2 aromatic carbocycles. The largest absolute Gasteiger partial charge is 0.484 e. The van der Waals surface area contributed by atoms with Crippen molar-refractivity contribution in [2.45, 2.75) is 50.1 Å². The number of amides is 2. The Balaban J connectivity index is 1.33. The zero-order valence-electron chi connectivity index (χ0n) is 24.5. The van der Waals surface area contributed by atoms with Crippen LogP contribution in [0.5, 0.6) is 5.75 Å². The summed E-state index contributed by atoms with van der Waals surface area (Å²) in [5.74, 6) is -0.303. The van der Waals surface area contributed by atoms with Crippen molar-refractivity contribution in [3.05, 3.63) is 86.5 Å². The number of nitro groups is 1. The van der Waals surface area contributed by atoms with Crippen LogP contribution in [0.25, 0.3) is 5.69 Å². The first-order chi connectivity index (χ1) is 21.7. The summed E-state index contributed by atoms with van der Waals surface area (Å²) in [6.07, 6.45) is 2.56. The molecule has 1 aliphatic rings. The van der Waals surface area contributed by atoms with E-state index in [9.17, 15) is 24.5 Å². The minimum absolute atomic E-state index is 0.0221. The molecule has 2 N–H and O–H groups in total. The number of aromatic nitrogens is 3. The van der Waals surface area contributed by atoms with Gasteiger partial charge in [0.1, 0.15) is 10.8 Å². The molecule has 0 saturated carbocycles. The van der Waals surface area contributed by atoms with Gasteiger partial charge >= 0.3 is 5.97 Å². The fourth-order valence-corrected chi connectivity index (χ4v) is 6.87. The number of hydrogen-bond donors (Lipinski definition) is 2. The van der Waals surface area contributed by atoms with Gasteiger partial charge in [0.05, 0.1) is 28.9 Å². The first-order valence-electron chi connectivity index (χ1n) is 14.2. The number of carbonyl (C=O) groups excluding carboxylic acids is 3. The van der Waals surface area contributed by atoms with E-state index in [4.69, 9.17) is 9.47 Å². The Labute approximate surface area is 266 Å². The topological polar surface area (TPSA) is 168 Å². The number of carbonyl (C=O) groups is 3. The molecular weight excluding hydrogens is 620 g/mol. The molecular formula is C30H30N6O7S2. The molecule has 2 aromatic heterocycles. The Morgan fingerprint density at radius 2 is 1.87 bits per heavy atom. The van der Waals surface area contributed by atoms with Crippen molar-refractivity contribution in [1.82, 2.24) is 20.1 Å². The van der Waals surface area contributed by atoms with E-state index in [2.05, 4.69) is 20.8 Å². The van der Waals surface area contributed by atoms with Gasteiger partial charge in [0, 0.05) is 22.7 Å². The number of para-hydroxylation sites is 1. The maximum atomic E-state index is 13.4. The summed E-state index contributed by atoms with van der Waals surface area (Å²) < 4.78 is 12.4. The summed E-state index contributed by atoms with van der Waals surface area (Å²) in [4.78, 5) is 50.4. The summed E-state index contributed by atoms with van der Waals surface area (Å²) in [5.41, 5.74) is 1.77. The number of benzene rings is 2. The maximum Gasteiger partial charge on any atom is 0.341 e. The second-order valence-corrected chi connectivity index (χ2v) is 12.3. The van der Waals surface area contributed by atoms with E-state index in [1.165, 1.54) is 23.5 Å². The SMILES string of the molecule is CCOC(=O)c1c(NC(=O)C(C)Sc2nnc(CNC(=O)COc3ccccc3)n2-c2ccc([N+](=O)[O-])cc2)sc2c1CCC2. The molecule has 5 rings (SSSR count). The number of nitro benzene ring substituents is 1. The average molecular weight is 651 g/mol. The molecule has 2 heterocycles. The second-order valence-electron chi connectivity index (χ2n) is 9.92. The number of hydrogen-bond acceptors (Lipinski definition) is 11. The Hall–Kier alpha value is -4.76. The van der Waals surface area contributed by atoms with E-state index in [0.29, 0.717) is 33.0 Å². The highest BCUT2D eigenvalue weighted by atomic mass is 32.2. The van der Waals surface area contributed by atoms with E-state index >= 15 is 0 Å². The number of rotatable bonds is 13. The molecule has 0 aliphatic heterocycles. The van der Waals surface area contributed by atoms with Gasteiger partial charge < -0.3 is 20.1 Å². The monoisotopic (exact) mass is 650 g/mol. The standard InChI is InChI=1S/C30H30N6O7S2/c1-3-42-29(39)26-22-10-7-11-23(22)45-28(26)32-27(38)18(2)44-30-34-33-24(35(30)19-12-14-20(15-13-19)36(40)41)16-31-25(37)17-43-21-8-5-4-6-9-21/h4-6,8-9,12-15,18H,3,7,10-11,16-17H2,1-2H3,(H,31,37)(H,32,38). The summed E-state index contributed by atoms with van der Waals surface area (Å²) in [7, 11) is 0. The molecule has 1 aliphatic carbocycles. The van der Waals surface area contributed by atoms with Crippen LogP contribution in [-0.2, 0) is 33.7 Å². The van der Waals surface area contributed by atoms with Crippen LogP contribution in [0.3, 0.4) is 0 Å². The summed E-state index contributed by atoms with van der Waals surface area (Å²) in [6.45, 7) is 3.42. The second kappa shape index (κ2) is 14.3.